The maximum Gasteiger partial charge on any atom is 1.00 e. The van der Waals surface area contributed by atoms with Gasteiger partial charge in [-0.2, -0.15) is 0 Å². The summed E-state index contributed by atoms with van der Waals surface area (Å²) in [4.78, 5) is 91.6. The number of hydrogen-bond donors (Lipinski definition) is 6. The van der Waals surface area contributed by atoms with Gasteiger partial charge in [0.25, 0.3) is 15.6 Å². The molecule has 6 N–H and O–H groups in total. The van der Waals surface area contributed by atoms with Crippen LogP contribution < -0.4 is 101 Å². The molecule has 0 radical (unpaired) electrons. The molecule has 0 saturated heterocycles. The number of amides is 4. The molecular weight excluding hydrogens is 1430 g/mol. The predicted octanol–water partition coefficient (Wildman–Crippen LogP) is 14.0. The molecule has 0 fully saturated rings. The van der Waals surface area contributed by atoms with Gasteiger partial charge in [0.1, 0.15) is 12.2 Å². The molecule has 0 aromatic rings. The van der Waals surface area contributed by atoms with Gasteiger partial charge < -0.3 is 69.3 Å². The maximum atomic E-state index is 13.3. The Bertz CT molecular complexity index is 1980. The van der Waals surface area contributed by atoms with Crippen LogP contribution in [0, 0.1) is 0 Å². The molecule has 0 aliphatic heterocycles. The minimum absolute atomic E-state index is 0. The van der Waals surface area contributed by atoms with Crippen molar-refractivity contribution >= 4 is 45.4 Å². The molecule has 628 valence electrons. The van der Waals surface area contributed by atoms with Crippen molar-refractivity contribution in [1.82, 2.24) is 31.9 Å². The zero-order valence-electron chi connectivity index (χ0n) is 70.9. The topological polar surface area (TPSA) is 293 Å². The summed E-state index contributed by atoms with van der Waals surface area (Å²) in [5.41, 5.74) is 0. The molecule has 0 aliphatic carbocycles. The number of ether oxygens (including phenoxy) is 2. The van der Waals surface area contributed by atoms with E-state index in [4.69, 9.17) is 27.6 Å². The Morgan fingerprint density at radius 2 is 0.546 bits per heavy atom. The normalized spacial score (nSPS) is 13.6. The average molecular weight is 1590 g/mol. The molecular formula is C83H164N6Na2O15P2. The number of phosphoric acid groups is 2. The molecule has 0 heterocycles. The van der Waals surface area contributed by atoms with Gasteiger partial charge in [-0.05, 0) is 77.3 Å². The van der Waals surface area contributed by atoms with Crippen LogP contribution in [0.25, 0.3) is 0 Å². The maximum absolute atomic E-state index is 13.3. The van der Waals surface area contributed by atoms with Crippen LogP contribution in [-0.4, -0.2) is 120 Å². The molecule has 0 spiro atoms. The van der Waals surface area contributed by atoms with Gasteiger partial charge in [-0.3, -0.25) is 28.3 Å². The van der Waals surface area contributed by atoms with Crippen LogP contribution in [0.4, 0.5) is 4.79 Å². The molecule has 0 rings (SSSR count). The van der Waals surface area contributed by atoms with Crippen molar-refractivity contribution in [3.8, 4) is 0 Å². The SMILES string of the molecule is CCCCCCCCCCCCCC(=O)N[C@H](CNCC[C@@H](CCCCCCC)OC(=O)CCCCCCCCCCC)COP(=O)([O-])OCCNC(=O)NCCOP(=O)([O-])OC[C@@H](CNCC[C@@H](CCCCCCC)OC(=O)CCCCCCCCCCC)NC(=O)CCCCCCCCCCCCC.[Na+].[Na+]. The first-order valence-corrected chi connectivity index (χ1v) is 47.1. The van der Waals surface area contributed by atoms with Crippen molar-refractivity contribution in [3.63, 3.8) is 0 Å². The summed E-state index contributed by atoms with van der Waals surface area (Å²) in [6.07, 6.45) is 60.6. The molecule has 0 saturated carbocycles. The number of unbranched alkanes of at least 4 members (excludes halogenated alkanes) is 44. The van der Waals surface area contributed by atoms with Crippen LogP contribution in [0.2, 0.25) is 0 Å². The van der Waals surface area contributed by atoms with Crippen LogP contribution in [-0.2, 0) is 55.9 Å². The minimum atomic E-state index is -4.93. The minimum Gasteiger partial charge on any atom is -0.756 e. The van der Waals surface area contributed by atoms with Crippen LogP contribution in [0.3, 0.4) is 0 Å². The number of carbonyl (C=O) groups is 5. The van der Waals surface area contributed by atoms with Crippen molar-refractivity contribution in [1.29, 1.82) is 0 Å². The van der Waals surface area contributed by atoms with E-state index in [1.807, 2.05) is 0 Å². The summed E-state index contributed by atoms with van der Waals surface area (Å²) in [6, 6.07) is -2.21. The Kier molecular flexibility index (Phi) is 86.9. The van der Waals surface area contributed by atoms with E-state index in [0.29, 0.717) is 64.5 Å². The van der Waals surface area contributed by atoms with Crippen molar-refractivity contribution in [2.45, 2.75) is 438 Å². The van der Waals surface area contributed by atoms with E-state index in [1.165, 1.54) is 167 Å². The van der Waals surface area contributed by atoms with Crippen molar-refractivity contribution in [2.24, 2.45) is 0 Å². The molecule has 108 heavy (non-hydrogen) atoms. The third-order valence-corrected chi connectivity index (χ3v) is 21.7. The van der Waals surface area contributed by atoms with Crippen LogP contribution in [0.15, 0.2) is 0 Å². The monoisotopic (exact) mass is 1590 g/mol. The first-order chi connectivity index (χ1) is 51.5. The van der Waals surface area contributed by atoms with Gasteiger partial charge >= 0.3 is 77.1 Å². The number of phosphoric ester groups is 2. The molecule has 25 heteroatoms. The molecule has 4 amide bonds. The summed E-state index contributed by atoms with van der Waals surface area (Å²) in [6.45, 7) is 12.3. The van der Waals surface area contributed by atoms with Gasteiger partial charge in [0, 0.05) is 51.9 Å². The first-order valence-electron chi connectivity index (χ1n) is 44.1. The summed E-state index contributed by atoms with van der Waals surface area (Å²) in [5, 5.41) is 17.6. The zero-order chi connectivity index (χ0) is 77.8. The van der Waals surface area contributed by atoms with Crippen LogP contribution >= 0.6 is 15.6 Å². The molecule has 21 nitrogen and oxygen atoms in total. The van der Waals surface area contributed by atoms with Gasteiger partial charge in [0.05, 0.1) is 38.5 Å². The van der Waals surface area contributed by atoms with Gasteiger partial charge in [-0.1, -0.05) is 324 Å². The number of urea groups is 1. The summed E-state index contributed by atoms with van der Waals surface area (Å²) in [7, 11) is -9.86. The van der Waals surface area contributed by atoms with Crippen LogP contribution in [0.1, 0.15) is 414 Å². The van der Waals surface area contributed by atoms with E-state index in [9.17, 15) is 42.9 Å². The Hall–Kier alpha value is -0.710. The fourth-order valence-electron chi connectivity index (χ4n) is 13.1. The fourth-order valence-corrected chi connectivity index (χ4v) is 14.7. The second-order valence-corrected chi connectivity index (χ2v) is 33.0. The molecule has 0 aromatic carbocycles. The molecule has 0 aromatic heterocycles. The number of nitrogens with one attached hydrogen (secondary N) is 6. The summed E-state index contributed by atoms with van der Waals surface area (Å²) in [5.74, 6) is -0.769. The third kappa shape index (κ3) is 80.5. The van der Waals surface area contributed by atoms with Crippen molar-refractivity contribution in [3.05, 3.63) is 0 Å². The Balaban J connectivity index is -0.0000551. The van der Waals surface area contributed by atoms with E-state index < -0.39 is 60.2 Å². The number of hydrogen-bond acceptors (Lipinski definition) is 17. The van der Waals surface area contributed by atoms with Gasteiger partial charge in [-0.25, -0.2) is 4.79 Å². The third-order valence-electron chi connectivity index (χ3n) is 19.8. The van der Waals surface area contributed by atoms with Gasteiger partial charge in [0.15, 0.2) is 0 Å². The Morgan fingerprint density at radius 1 is 0.306 bits per heavy atom. The van der Waals surface area contributed by atoms with E-state index in [0.717, 1.165) is 154 Å². The Labute approximate surface area is 705 Å². The van der Waals surface area contributed by atoms with E-state index in [-0.39, 0.29) is 121 Å². The fraction of sp³-hybridized carbons (Fsp3) is 0.940. The van der Waals surface area contributed by atoms with E-state index in [1.54, 1.807) is 0 Å². The molecule has 0 aliphatic rings. The largest absolute Gasteiger partial charge is 1.00 e. The average Bonchev–Trinajstić information content (AvgIpc) is 0.915. The smallest absolute Gasteiger partial charge is 0.756 e. The van der Waals surface area contributed by atoms with Crippen molar-refractivity contribution in [2.75, 3.05) is 65.7 Å². The summed E-state index contributed by atoms with van der Waals surface area (Å²) >= 11 is 0. The number of rotatable bonds is 84. The summed E-state index contributed by atoms with van der Waals surface area (Å²) < 4.78 is 59.1. The predicted molar refractivity (Wildman–Crippen MR) is 432 cm³/mol. The zero-order valence-corrected chi connectivity index (χ0v) is 76.7. The van der Waals surface area contributed by atoms with Gasteiger partial charge in [0.2, 0.25) is 11.8 Å². The van der Waals surface area contributed by atoms with E-state index >= 15 is 0 Å². The molecule has 6 atom stereocenters. The van der Waals surface area contributed by atoms with Crippen LogP contribution in [0.5, 0.6) is 0 Å². The van der Waals surface area contributed by atoms with E-state index in [2.05, 4.69) is 73.4 Å². The quantitative estimate of drug-likeness (QED) is 0.0143. The van der Waals surface area contributed by atoms with Gasteiger partial charge in [-0.15, -0.1) is 0 Å². The second kappa shape index (κ2) is 84.2. The Morgan fingerprint density at radius 3 is 0.815 bits per heavy atom. The molecule has 2 unspecified atom stereocenters. The number of esters is 2. The molecule has 0 bridgehead atoms. The standard InChI is InChI=1S/C83H166N6O15P2.2Na/c1-7-13-19-25-29-33-35-39-41-47-53-59-79(90)88-75(71-84-65-63-77(57-51-45-23-17-11-5)103-81(92)61-55-49-43-37-31-27-21-15-9-3)73-101-105(95,96)99-69-67-86-83(94)87-68-70-100-106(97,98)102-74-76(89-80(91)60-54-48-42-40-36-34-30-26-20-14-8-2)72-85-66-64-78(58-52-46-24-18-12-6)104-82(93)62-56-50-44-38-32-28-22-16-10-4;;/h75-78,84-85H,7-74H2,1-6H3,(H,88,90)(H,89,91)(H,95,96)(H,97,98)(H2,86,87,94);;/q;2*+1/p-2/t75-,76-,77-,78-;;/m1../s1. The second-order valence-electron chi connectivity index (χ2n) is 30.2. The van der Waals surface area contributed by atoms with Crippen molar-refractivity contribution < 1.29 is 130 Å². The first kappa shape index (κ1) is 111. The number of carbonyl (C=O) groups excluding carboxylic acids is 5.